The molecule has 0 saturated carbocycles. The maximum absolute atomic E-state index is 12.9. The molecular formula is C21H23N7O3. The smallest absolute Gasteiger partial charge is 0.276 e. The zero-order valence-electron chi connectivity index (χ0n) is 17.1. The quantitative estimate of drug-likeness (QED) is 0.617. The van der Waals surface area contributed by atoms with Crippen molar-refractivity contribution in [2.75, 3.05) is 62.3 Å². The van der Waals surface area contributed by atoms with Crippen LogP contribution in [0.3, 0.4) is 0 Å². The molecule has 1 amide bonds. The molecule has 0 atom stereocenters. The van der Waals surface area contributed by atoms with Gasteiger partial charge in [0.05, 0.1) is 13.2 Å². The fourth-order valence-corrected chi connectivity index (χ4v) is 3.75. The molecule has 2 aliphatic heterocycles. The van der Waals surface area contributed by atoms with E-state index in [1.54, 1.807) is 29.6 Å². The molecule has 2 saturated heterocycles. The third-order valence-electron chi connectivity index (χ3n) is 5.49. The van der Waals surface area contributed by atoms with Crippen molar-refractivity contribution < 1.29 is 14.1 Å². The van der Waals surface area contributed by atoms with Gasteiger partial charge in [-0.1, -0.05) is 5.16 Å². The van der Waals surface area contributed by atoms with E-state index >= 15 is 0 Å². The molecule has 3 aromatic rings. The number of amides is 1. The molecule has 0 spiro atoms. The minimum Gasteiger partial charge on any atom is -0.378 e. The predicted molar refractivity (Wildman–Crippen MR) is 113 cm³/mol. The van der Waals surface area contributed by atoms with Gasteiger partial charge < -0.3 is 24.0 Å². The Kier molecular flexibility index (Phi) is 5.44. The van der Waals surface area contributed by atoms with Crippen molar-refractivity contribution in [3.63, 3.8) is 0 Å². The Balaban J connectivity index is 1.22. The summed E-state index contributed by atoms with van der Waals surface area (Å²) in [4.78, 5) is 32.2. The Morgan fingerprint density at radius 3 is 2.58 bits per heavy atom. The number of ether oxygens (including phenoxy) is 1. The van der Waals surface area contributed by atoms with Crippen LogP contribution >= 0.6 is 0 Å². The average Bonchev–Trinajstić information content (AvgIpc) is 3.35. The van der Waals surface area contributed by atoms with E-state index in [0.717, 1.165) is 30.4 Å². The van der Waals surface area contributed by atoms with Gasteiger partial charge in [0.2, 0.25) is 5.95 Å². The van der Waals surface area contributed by atoms with Crippen molar-refractivity contribution in [3.05, 3.63) is 48.5 Å². The van der Waals surface area contributed by atoms with E-state index < -0.39 is 0 Å². The minimum absolute atomic E-state index is 0.129. The van der Waals surface area contributed by atoms with Crippen LogP contribution in [0, 0.1) is 0 Å². The monoisotopic (exact) mass is 421 g/mol. The second-order valence-electron chi connectivity index (χ2n) is 7.41. The number of nitrogens with zero attached hydrogens (tertiary/aromatic N) is 7. The first-order valence-electron chi connectivity index (χ1n) is 10.3. The summed E-state index contributed by atoms with van der Waals surface area (Å²) in [6.45, 7) is 5.54. The number of rotatable bonds is 4. The van der Waals surface area contributed by atoms with Crippen molar-refractivity contribution in [1.29, 1.82) is 0 Å². The number of piperazine rings is 1. The van der Waals surface area contributed by atoms with Crippen molar-refractivity contribution in [2.45, 2.75) is 0 Å². The van der Waals surface area contributed by atoms with Crippen LogP contribution in [-0.4, -0.2) is 83.4 Å². The minimum atomic E-state index is -0.129. The van der Waals surface area contributed by atoms with Crippen molar-refractivity contribution in [2.24, 2.45) is 0 Å². The second kappa shape index (κ2) is 8.68. The maximum Gasteiger partial charge on any atom is 0.276 e. The van der Waals surface area contributed by atoms with Crippen LogP contribution in [0.2, 0.25) is 0 Å². The Bertz CT molecular complexity index is 1030. The normalized spacial score (nSPS) is 17.1. The molecule has 2 fully saturated rings. The van der Waals surface area contributed by atoms with Crippen LogP contribution in [-0.2, 0) is 4.74 Å². The fourth-order valence-electron chi connectivity index (χ4n) is 3.75. The number of carbonyl (C=O) groups is 1. The summed E-state index contributed by atoms with van der Waals surface area (Å²) in [7, 11) is 0. The van der Waals surface area contributed by atoms with E-state index in [9.17, 15) is 4.79 Å². The third kappa shape index (κ3) is 4.19. The second-order valence-corrected chi connectivity index (χ2v) is 7.41. The number of anilines is 2. The van der Waals surface area contributed by atoms with Gasteiger partial charge in [0.1, 0.15) is 5.82 Å². The number of hydrogen-bond donors (Lipinski definition) is 0. The van der Waals surface area contributed by atoms with Gasteiger partial charge in [-0.15, -0.1) is 0 Å². The first-order valence-corrected chi connectivity index (χ1v) is 10.3. The van der Waals surface area contributed by atoms with Gasteiger partial charge in [-0.2, -0.15) is 4.98 Å². The number of morpholine rings is 1. The Morgan fingerprint density at radius 1 is 0.968 bits per heavy atom. The Morgan fingerprint density at radius 2 is 1.81 bits per heavy atom. The molecule has 10 heteroatoms. The van der Waals surface area contributed by atoms with Crippen LogP contribution < -0.4 is 9.80 Å². The standard InChI is InChI=1S/C21H23N7O3/c29-20(17-14-18(31-25-17)16-2-1-4-22-15-16)27-8-6-26(7-9-27)19-3-5-23-21(24-19)28-10-12-30-13-11-28/h1-5,14-15H,6-13H2. The van der Waals surface area contributed by atoms with E-state index in [-0.39, 0.29) is 5.91 Å². The van der Waals surface area contributed by atoms with Crippen LogP contribution in [0.1, 0.15) is 10.5 Å². The maximum atomic E-state index is 12.9. The lowest BCUT2D eigenvalue weighted by Crippen LogP contribution is -2.49. The summed E-state index contributed by atoms with van der Waals surface area (Å²) in [5, 5.41) is 3.96. The van der Waals surface area contributed by atoms with E-state index in [0.29, 0.717) is 50.8 Å². The highest BCUT2D eigenvalue weighted by Gasteiger charge is 2.26. The summed E-state index contributed by atoms with van der Waals surface area (Å²) >= 11 is 0. The zero-order chi connectivity index (χ0) is 21.0. The third-order valence-corrected chi connectivity index (χ3v) is 5.49. The van der Waals surface area contributed by atoms with Gasteiger partial charge in [-0.25, -0.2) is 4.98 Å². The molecule has 0 unspecified atom stereocenters. The summed E-state index contributed by atoms with van der Waals surface area (Å²) in [6.07, 6.45) is 5.16. The molecule has 0 N–H and O–H groups in total. The molecule has 5 heterocycles. The molecule has 2 aliphatic rings. The molecule has 5 rings (SSSR count). The largest absolute Gasteiger partial charge is 0.378 e. The van der Waals surface area contributed by atoms with Gasteiger partial charge in [0.25, 0.3) is 5.91 Å². The van der Waals surface area contributed by atoms with Crippen molar-refractivity contribution >= 4 is 17.7 Å². The van der Waals surface area contributed by atoms with E-state index in [2.05, 4.69) is 24.9 Å². The van der Waals surface area contributed by atoms with E-state index in [1.807, 2.05) is 18.2 Å². The fraction of sp³-hybridized carbons (Fsp3) is 0.381. The lowest BCUT2D eigenvalue weighted by Gasteiger charge is -2.35. The van der Waals surface area contributed by atoms with Gasteiger partial charge >= 0.3 is 0 Å². The molecular weight excluding hydrogens is 398 g/mol. The van der Waals surface area contributed by atoms with Crippen LogP contribution in [0.15, 0.2) is 47.4 Å². The van der Waals surface area contributed by atoms with Crippen molar-refractivity contribution in [3.8, 4) is 11.3 Å². The SMILES string of the molecule is O=C(c1cc(-c2cccnc2)on1)N1CCN(c2ccnc(N3CCOCC3)n2)CC1. The number of pyridine rings is 1. The molecule has 3 aromatic heterocycles. The van der Waals surface area contributed by atoms with Gasteiger partial charge in [-0.05, 0) is 18.2 Å². The molecule has 0 aliphatic carbocycles. The van der Waals surface area contributed by atoms with Crippen LogP contribution in [0.25, 0.3) is 11.3 Å². The van der Waals surface area contributed by atoms with Gasteiger partial charge in [0, 0.05) is 69.5 Å². The van der Waals surface area contributed by atoms with Crippen molar-refractivity contribution in [1.82, 2.24) is 25.0 Å². The van der Waals surface area contributed by atoms with Gasteiger partial charge in [-0.3, -0.25) is 9.78 Å². The van der Waals surface area contributed by atoms with Crippen LogP contribution in [0.5, 0.6) is 0 Å². The first-order chi connectivity index (χ1) is 15.3. The molecule has 0 bridgehead atoms. The number of aromatic nitrogens is 4. The molecule has 10 nitrogen and oxygen atoms in total. The number of carbonyl (C=O) groups excluding carboxylic acids is 1. The summed E-state index contributed by atoms with van der Waals surface area (Å²) < 4.78 is 10.8. The Labute approximate surface area is 179 Å². The molecule has 31 heavy (non-hydrogen) atoms. The zero-order valence-corrected chi connectivity index (χ0v) is 17.1. The van der Waals surface area contributed by atoms with E-state index in [4.69, 9.17) is 14.2 Å². The summed E-state index contributed by atoms with van der Waals surface area (Å²) in [5.41, 5.74) is 1.10. The number of hydrogen-bond acceptors (Lipinski definition) is 9. The van der Waals surface area contributed by atoms with Gasteiger partial charge in [0.15, 0.2) is 11.5 Å². The van der Waals surface area contributed by atoms with E-state index in [1.165, 1.54) is 0 Å². The Hall–Kier alpha value is -3.53. The molecule has 160 valence electrons. The topological polar surface area (TPSA) is 101 Å². The highest BCUT2D eigenvalue weighted by atomic mass is 16.5. The highest BCUT2D eigenvalue weighted by molar-refractivity contribution is 5.93. The lowest BCUT2D eigenvalue weighted by molar-refractivity contribution is 0.0736. The molecule has 0 radical (unpaired) electrons. The molecule has 0 aromatic carbocycles. The summed E-state index contributed by atoms with van der Waals surface area (Å²) in [5.74, 6) is 2.01. The highest BCUT2D eigenvalue weighted by Crippen LogP contribution is 2.21. The lowest BCUT2D eigenvalue weighted by atomic mass is 10.2. The average molecular weight is 421 g/mol. The predicted octanol–water partition coefficient (Wildman–Crippen LogP) is 1.33. The van der Waals surface area contributed by atoms with Crippen LogP contribution in [0.4, 0.5) is 11.8 Å². The summed E-state index contributed by atoms with van der Waals surface area (Å²) in [6, 6.07) is 7.27. The first kappa shape index (κ1) is 19.4.